The van der Waals surface area contributed by atoms with E-state index in [1.807, 2.05) is 0 Å². The molecule has 7 nitrogen and oxygen atoms in total. The lowest BCUT2D eigenvalue weighted by Gasteiger charge is -2.11. The smallest absolute Gasteiger partial charge is 0.356 e. The third-order valence-corrected chi connectivity index (χ3v) is 4.11. The molecule has 1 aliphatic rings. The summed E-state index contributed by atoms with van der Waals surface area (Å²) in [7, 11) is 1.42. The minimum absolute atomic E-state index is 0.0461. The first-order valence-electron chi connectivity index (χ1n) is 8.86. The van der Waals surface area contributed by atoms with Crippen LogP contribution in [0.4, 0.5) is 35.0 Å². The van der Waals surface area contributed by atoms with Gasteiger partial charge < -0.3 is 10.6 Å². The average Bonchev–Trinajstić information content (AvgIpc) is 2.73. The number of amides is 1. The number of hydrogen-bond donors (Lipinski definition) is 2. The number of anilines is 2. The molecule has 3 rings (SSSR count). The van der Waals surface area contributed by atoms with Gasteiger partial charge in [-0.2, -0.15) is 18.2 Å². The fraction of sp³-hybridized carbons (Fsp3) is 0.150. The van der Waals surface area contributed by atoms with Crippen molar-refractivity contribution < 1.29 is 27.2 Å². The number of likely N-dealkylation sites (N-methyl/N-ethyl adjacent to an activating group) is 1. The van der Waals surface area contributed by atoms with Gasteiger partial charge in [0, 0.05) is 30.8 Å². The molecule has 1 heterocycles. The molecule has 0 saturated heterocycles. The van der Waals surface area contributed by atoms with E-state index >= 15 is 0 Å². The van der Waals surface area contributed by atoms with Crippen LogP contribution in [0.15, 0.2) is 59.3 Å². The van der Waals surface area contributed by atoms with Crippen LogP contribution < -0.4 is 10.6 Å². The molecule has 160 valence electrons. The highest BCUT2D eigenvalue weighted by Gasteiger charge is 2.30. The average molecular weight is 433 g/mol. The second-order valence-electron chi connectivity index (χ2n) is 6.27. The van der Waals surface area contributed by atoms with E-state index < -0.39 is 29.2 Å². The number of allylic oxidation sites excluding steroid dienone is 3. The Bertz CT molecular complexity index is 1110. The van der Waals surface area contributed by atoms with Crippen molar-refractivity contribution in [2.45, 2.75) is 12.6 Å². The minimum Gasteiger partial charge on any atom is -0.356 e. The Labute approximate surface area is 173 Å². The number of rotatable bonds is 4. The summed E-state index contributed by atoms with van der Waals surface area (Å²) in [5.74, 6) is -2.38. The van der Waals surface area contributed by atoms with Gasteiger partial charge in [0.1, 0.15) is 0 Å². The minimum atomic E-state index is -4.49. The summed E-state index contributed by atoms with van der Waals surface area (Å²) in [4.78, 5) is 35.6. The lowest BCUT2D eigenvalue weighted by atomic mass is 9.98. The van der Waals surface area contributed by atoms with E-state index in [9.17, 15) is 27.2 Å². The summed E-state index contributed by atoms with van der Waals surface area (Å²) in [6.45, 7) is 0. The molecular formula is C20H15F4N5O2. The van der Waals surface area contributed by atoms with Gasteiger partial charge >= 0.3 is 6.18 Å². The number of aliphatic imine (C=N–C) groups is 1. The maximum Gasteiger partial charge on any atom is 0.416 e. The molecule has 11 heteroatoms. The number of benzene rings is 1. The highest BCUT2D eigenvalue weighted by atomic mass is 19.4. The zero-order valence-electron chi connectivity index (χ0n) is 16.0. The van der Waals surface area contributed by atoms with Gasteiger partial charge in [-0.1, -0.05) is 12.2 Å². The van der Waals surface area contributed by atoms with Crippen LogP contribution in [0.1, 0.15) is 12.0 Å². The van der Waals surface area contributed by atoms with Gasteiger partial charge in [-0.05, 0) is 24.3 Å². The van der Waals surface area contributed by atoms with Crippen LogP contribution in [-0.4, -0.2) is 34.4 Å². The lowest BCUT2D eigenvalue weighted by molar-refractivity contribution is -0.137. The van der Waals surface area contributed by atoms with Crippen molar-refractivity contribution in [2.24, 2.45) is 4.99 Å². The molecule has 2 N–H and O–H groups in total. The van der Waals surface area contributed by atoms with Crippen LogP contribution in [0.3, 0.4) is 0 Å². The molecule has 1 aromatic heterocycles. The lowest BCUT2D eigenvalue weighted by Crippen LogP contribution is -2.22. The third-order valence-electron chi connectivity index (χ3n) is 4.11. The van der Waals surface area contributed by atoms with Gasteiger partial charge in [0.25, 0.3) is 5.95 Å². The molecule has 0 spiro atoms. The van der Waals surface area contributed by atoms with Gasteiger partial charge in [-0.3, -0.25) is 9.59 Å². The first kappa shape index (κ1) is 21.8. The quantitative estimate of drug-likeness (QED) is 0.567. The van der Waals surface area contributed by atoms with Crippen LogP contribution in [0.2, 0.25) is 0 Å². The fourth-order valence-electron chi connectivity index (χ4n) is 2.56. The number of nitrogens with one attached hydrogen (secondary N) is 2. The Hall–Kier alpha value is -3.89. The molecule has 2 aromatic rings. The predicted molar refractivity (Wildman–Crippen MR) is 105 cm³/mol. The number of alkyl halides is 3. The molecular weight excluding hydrogens is 418 g/mol. The molecule has 0 radical (unpaired) electrons. The summed E-state index contributed by atoms with van der Waals surface area (Å²) in [6.07, 6.45) is 0.722. The van der Waals surface area contributed by atoms with Crippen molar-refractivity contribution in [1.82, 2.24) is 15.3 Å². The highest BCUT2D eigenvalue weighted by molar-refractivity contribution is 6.48. The van der Waals surface area contributed by atoms with Crippen molar-refractivity contribution in [2.75, 3.05) is 12.4 Å². The van der Waals surface area contributed by atoms with Gasteiger partial charge in [-0.25, -0.2) is 14.4 Å². The van der Waals surface area contributed by atoms with Crippen molar-refractivity contribution in [3.8, 4) is 0 Å². The van der Waals surface area contributed by atoms with Crippen molar-refractivity contribution in [3.63, 3.8) is 0 Å². The molecule has 0 atom stereocenters. The number of carbonyl (C=O) groups is 2. The number of nitrogens with zero attached hydrogens (tertiary/aromatic N) is 3. The number of carbonyl (C=O) groups excluding carboxylic acids is 2. The molecule has 1 aliphatic carbocycles. The van der Waals surface area contributed by atoms with Crippen molar-refractivity contribution >= 4 is 34.9 Å². The van der Waals surface area contributed by atoms with E-state index in [4.69, 9.17) is 0 Å². The zero-order valence-corrected chi connectivity index (χ0v) is 16.0. The Morgan fingerprint density at radius 1 is 1.23 bits per heavy atom. The second-order valence-corrected chi connectivity index (χ2v) is 6.27. The molecule has 0 fully saturated rings. The van der Waals surface area contributed by atoms with E-state index in [-0.39, 0.29) is 35.2 Å². The standard InChI is InChI=1S/C20H15F4N5O2/c1-25-16(30)9-11-3-2-4-15(17(11)31)28-19-26-10-14(21)18(29-19)27-13-7-5-12(6-8-13)20(22,23)24/h2-3,5-10H,4H2,1H3,(H,25,30)(H,26,27,29). The van der Waals surface area contributed by atoms with Gasteiger partial charge in [-0.15, -0.1) is 0 Å². The molecule has 31 heavy (non-hydrogen) atoms. The van der Waals surface area contributed by atoms with Gasteiger partial charge in [0.2, 0.25) is 11.7 Å². The monoisotopic (exact) mass is 433 g/mol. The maximum absolute atomic E-state index is 14.1. The van der Waals surface area contributed by atoms with Crippen LogP contribution in [0.25, 0.3) is 0 Å². The van der Waals surface area contributed by atoms with E-state index in [0.29, 0.717) is 0 Å². The van der Waals surface area contributed by atoms with Crippen LogP contribution >= 0.6 is 0 Å². The number of Topliss-reactive ketones (excluding diaryl/α,β-unsaturated/α-hetero) is 1. The molecule has 0 aliphatic heterocycles. The van der Waals surface area contributed by atoms with Crippen LogP contribution in [0.5, 0.6) is 0 Å². The zero-order chi connectivity index (χ0) is 22.6. The number of ketones is 1. The van der Waals surface area contributed by atoms with E-state index in [0.717, 1.165) is 36.5 Å². The molecule has 1 amide bonds. The van der Waals surface area contributed by atoms with Crippen LogP contribution in [0, 0.1) is 5.82 Å². The fourth-order valence-corrected chi connectivity index (χ4v) is 2.56. The van der Waals surface area contributed by atoms with Gasteiger partial charge in [0.15, 0.2) is 11.6 Å². The normalized spacial score (nSPS) is 16.6. The molecule has 1 aromatic carbocycles. The van der Waals surface area contributed by atoms with Crippen molar-refractivity contribution in [1.29, 1.82) is 0 Å². The summed E-state index contributed by atoms with van der Waals surface area (Å²) >= 11 is 0. The Balaban J connectivity index is 1.84. The maximum atomic E-state index is 14.1. The van der Waals surface area contributed by atoms with Crippen LogP contribution in [-0.2, 0) is 15.8 Å². The number of aromatic nitrogens is 2. The largest absolute Gasteiger partial charge is 0.416 e. The SMILES string of the molecule is CNC(=O)C=C1C=CCC(=Nc2ncc(F)c(Nc3ccc(C(F)(F)F)cc3)n2)C1=O. The first-order valence-corrected chi connectivity index (χ1v) is 8.86. The first-order chi connectivity index (χ1) is 14.7. The highest BCUT2D eigenvalue weighted by Crippen LogP contribution is 2.30. The topological polar surface area (TPSA) is 96.3 Å². The number of hydrogen-bond acceptors (Lipinski definition) is 6. The summed E-state index contributed by atoms with van der Waals surface area (Å²) in [5, 5.41) is 4.92. The van der Waals surface area contributed by atoms with E-state index in [1.165, 1.54) is 13.1 Å². The Morgan fingerprint density at radius 3 is 2.58 bits per heavy atom. The second kappa shape index (κ2) is 8.86. The predicted octanol–water partition coefficient (Wildman–Crippen LogP) is 3.65. The summed E-state index contributed by atoms with van der Waals surface area (Å²) < 4.78 is 52.1. The summed E-state index contributed by atoms with van der Waals surface area (Å²) in [6, 6.07) is 3.94. The van der Waals surface area contributed by atoms with E-state index in [2.05, 4.69) is 25.6 Å². The Morgan fingerprint density at radius 2 is 1.94 bits per heavy atom. The Kier molecular flexibility index (Phi) is 6.23. The molecule has 0 saturated carbocycles. The number of halogens is 4. The third kappa shape index (κ3) is 5.38. The van der Waals surface area contributed by atoms with Crippen molar-refractivity contribution in [3.05, 3.63) is 65.6 Å². The van der Waals surface area contributed by atoms with E-state index in [1.54, 1.807) is 6.08 Å². The van der Waals surface area contributed by atoms with Gasteiger partial charge in [0.05, 0.1) is 17.5 Å². The molecule has 0 unspecified atom stereocenters. The summed E-state index contributed by atoms with van der Waals surface area (Å²) in [5.41, 5.74) is -0.520. The molecule has 0 bridgehead atoms.